The second kappa shape index (κ2) is 7.66. The molecule has 1 heterocycles. The number of sulfonamides is 1. The Bertz CT molecular complexity index is 660. The molecule has 1 aromatic carbocycles. The summed E-state index contributed by atoms with van der Waals surface area (Å²) in [7, 11) is -3.57. The van der Waals surface area contributed by atoms with Crippen molar-refractivity contribution < 1.29 is 13.2 Å². The molecule has 3 rings (SSSR count). The SMILES string of the molecule is O=C1NCCCCCCN(S(=O)(=O)c2ccccc2)C2CCCC12. The van der Waals surface area contributed by atoms with Crippen LogP contribution in [0.25, 0.3) is 0 Å². The molecule has 0 spiro atoms. The molecule has 1 N–H and O–H groups in total. The van der Waals surface area contributed by atoms with Crippen LogP contribution in [-0.4, -0.2) is 37.8 Å². The van der Waals surface area contributed by atoms with Gasteiger partial charge in [0.15, 0.2) is 0 Å². The zero-order chi connectivity index (χ0) is 17.0. The van der Waals surface area contributed by atoms with Crippen molar-refractivity contribution in [3.8, 4) is 0 Å². The highest BCUT2D eigenvalue weighted by molar-refractivity contribution is 7.89. The lowest BCUT2D eigenvalue weighted by Gasteiger charge is -2.31. The summed E-state index contributed by atoms with van der Waals surface area (Å²) in [5.74, 6) is -0.200. The van der Waals surface area contributed by atoms with E-state index in [1.165, 1.54) is 0 Å². The largest absolute Gasteiger partial charge is 0.356 e. The third-order valence-corrected chi connectivity index (χ3v) is 7.08. The van der Waals surface area contributed by atoms with Crippen molar-refractivity contribution in [2.75, 3.05) is 13.1 Å². The number of amides is 1. The predicted molar refractivity (Wildman–Crippen MR) is 92.9 cm³/mol. The Morgan fingerprint density at radius 3 is 2.50 bits per heavy atom. The first-order valence-corrected chi connectivity index (χ1v) is 10.4. The van der Waals surface area contributed by atoms with Gasteiger partial charge in [-0.15, -0.1) is 0 Å². The minimum absolute atomic E-state index is 0.0210. The highest BCUT2D eigenvalue weighted by Crippen LogP contribution is 2.34. The van der Waals surface area contributed by atoms with E-state index in [9.17, 15) is 13.2 Å². The summed E-state index contributed by atoms with van der Waals surface area (Å²) >= 11 is 0. The topological polar surface area (TPSA) is 66.5 Å². The van der Waals surface area contributed by atoms with E-state index in [1.54, 1.807) is 28.6 Å². The third-order valence-electron chi connectivity index (χ3n) is 5.14. The summed E-state index contributed by atoms with van der Waals surface area (Å²) in [5.41, 5.74) is 0. The zero-order valence-electron chi connectivity index (χ0n) is 14.0. The summed E-state index contributed by atoms with van der Waals surface area (Å²) in [6.07, 6.45) is 6.28. The summed E-state index contributed by atoms with van der Waals surface area (Å²) in [5, 5.41) is 3.00. The molecule has 1 aliphatic heterocycles. The molecule has 5 nitrogen and oxygen atoms in total. The molecule has 1 saturated carbocycles. The van der Waals surface area contributed by atoms with E-state index in [4.69, 9.17) is 0 Å². The van der Waals surface area contributed by atoms with Gasteiger partial charge in [-0.1, -0.05) is 37.5 Å². The highest BCUT2D eigenvalue weighted by Gasteiger charge is 2.41. The molecule has 0 bridgehead atoms. The lowest BCUT2D eigenvalue weighted by molar-refractivity contribution is -0.125. The number of fused-ring (bicyclic) bond motifs is 1. The van der Waals surface area contributed by atoms with Gasteiger partial charge in [0, 0.05) is 19.1 Å². The molecule has 6 heteroatoms. The molecular weight excluding hydrogens is 324 g/mol. The molecule has 2 atom stereocenters. The number of rotatable bonds is 2. The maximum atomic E-state index is 13.2. The Labute approximate surface area is 144 Å². The van der Waals surface area contributed by atoms with Crippen LogP contribution in [0.4, 0.5) is 0 Å². The van der Waals surface area contributed by atoms with Crippen LogP contribution in [0.5, 0.6) is 0 Å². The Morgan fingerprint density at radius 2 is 1.71 bits per heavy atom. The number of nitrogens with one attached hydrogen (secondary N) is 1. The first kappa shape index (κ1) is 17.4. The Hall–Kier alpha value is -1.40. The van der Waals surface area contributed by atoms with Crippen LogP contribution in [0, 0.1) is 5.92 Å². The van der Waals surface area contributed by atoms with Crippen molar-refractivity contribution in [3.05, 3.63) is 30.3 Å². The lowest BCUT2D eigenvalue weighted by Crippen LogP contribution is -2.47. The second-order valence-electron chi connectivity index (χ2n) is 6.74. The van der Waals surface area contributed by atoms with Gasteiger partial charge >= 0.3 is 0 Å². The van der Waals surface area contributed by atoms with Crippen molar-refractivity contribution in [2.45, 2.75) is 55.9 Å². The highest BCUT2D eigenvalue weighted by atomic mass is 32.2. The van der Waals surface area contributed by atoms with E-state index in [2.05, 4.69) is 5.32 Å². The minimum atomic E-state index is -3.57. The van der Waals surface area contributed by atoms with Crippen LogP contribution in [0.3, 0.4) is 0 Å². The summed E-state index contributed by atoms with van der Waals surface area (Å²) in [6, 6.07) is 8.39. The fourth-order valence-electron chi connectivity index (χ4n) is 3.87. The number of benzene rings is 1. The lowest BCUT2D eigenvalue weighted by atomic mass is 10.0. The molecule has 1 saturated heterocycles. The van der Waals surface area contributed by atoms with Gasteiger partial charge < -0.3 is 5.32 Å². The van der Waals surface area contributed by atoms with Crippen LogP contribution in [-0.2, 0) is 14.8 Å². The first-order chi connectivity index (χ1) is 11.6. The van der Waals surface area contributed by atoms with Gasteiger partial charge in [0.2, 0.25) is 15.9 Å². The number of carbonyl (C=O) groups is 1. The van der Waals surface area contributed by atoms with Gasteiger partial charge in [0.25, 0.3) is 0 Å². The molecule has 24 heavy (non-hydrogen) atoms. The molecule has 1 aliphatic carbocycles. The molecule has 132 valence electrons. The van der Waals surface area contributed by atoms with Crippen molar-refractivity contribution >= 4 is 15.9 Å². The molecule has 2 fully saturated rings. The van der Waals surface area contributed by atoms with Crippen LogP contribution < -0.4 is 5.32 Å². The Morgan fingerprint density at radius 1 is 0.958 bits per heavy atom. The van der Waals surface area contributed by atoms with Crippen LogP contribution in [0.1, 0.15) is 44.9 Å². The molecule has 1 aromatic rings. The van der Waals surface area contributed by atoms with Gasteiger partial charge in [-0.05, 0) is 37.8 Å². The number of hydrogen-bond acceptors (Lipinski definition) is 3. The first-order valence-electron chi connectivity index (χ1n) is 8.95. The fourth-order valence-corrected chi connectivity index (χ4v) is 5.62. The monoisotopic (exact) mass is 350 g/mol. The number of hydrogen-bond donors (Lipinski definition) is 1. The summed E-state index contributed by atoms with van der Waals surface area (Å²) in [4.78, 5) is 12.8. The predicted octanol–water partition coefficient (Wildman–Crippen LogP) is 2.54. The van der Waals surface area contributed by atoms with Crippen LogP contribution in [0.15, 0.2) is 35.2 Å². The van der Waals surface area contributed by atoms with Crippen LogP contribution >= 0.6 is 0 Å². The molecule has 0 radical (unpaired) electrons. The molecule has 0 aromatic heterocycles. The van der Waals surface area contributed by atoms with Gasteiger partial charge in [0.1, 0.15) is 0 Å². The average molecular weight is 350 g/mol. The molecule has 2 unspecified atom stereocenters. The van der Waals surface area contributed by atoms with Crippen molar-refractivity contribution in [3.63, 3.8) is 0 Å². The van der Waals surface area contributed by atoms with Crippen molar-refractivity contribution in [2.24, 2.45) is 5.92 Å². The average Bonchev–Trinajstić information content (AvgIpc) is 3.05. The molecule has 2 aliphatic rings. The standard InChI is InChI=1S/C18H26N2O3S/c21-18-16-11-8-12-17(16)20(14-7-2-1-6-13-19-18)24(22,23)15-9-4-3-5-10-15/h3-5,9-10,16-17H,1-2,6-8,11-14H2,(H,19,21). The van der Waals surface area contributed by atoms with Crippen molar-refractivity contribution in [1.82, 2.24) is 9.62 Å². The van der Waals surface area contributed by atoms with Gasteiger partial charge in [-0.25, -0.2) is 8.42 Å². The molecular formula is C18H26N2O3S. The Balaban J connectivity index is 1.93. The third kappa shape index (κ3) is 3.64. The summed E-state index contributed by atoms with van der Waals surface area (Å²) < 4.78 is 28.0. The van der Waals surface area contributed by atoms with Gasteiger partial charge in [-0.2, -0.15) is 4.31 Å². The smallest absolute Gasteiger partial charge is 0.243 e. The van der Waals surface area contributed by atoms with E-state index in [0.29, 0.717) is 18.0 Å². The quantitative estimate of drug-likeness (QED) is 0.891. The van der Waals surface area contributed by atoms with E-state index < -0.39 is 10.0 Å². The normalized spacial score (nSPS) is 27.1. The second-order valence-corrected chi connectivity index (χ2v) is 8.63. The van der Waals surface area contributed by atoms with E-state index >= 15 is 0 Å². The number of nitrogens with zero attached hydrogens (tertiary/aromatic N) is 1. The fraction of sp³-hybridized carbons (Fsp3) is 0.611. The molecule has 1 amide bonds. The summed E-state index contributed by atoms with van der Waals surface area (Å²) in [6.45, 7) is 1.21. The van der Waals surface area contributed by atoms with E-state index in [-0.39, 0.29) is 17.9 Å². The van der Waals surface area contributed by atoms with Gasteiger partial charge in [0.05, 0.1) is 10.8 Å². The maximum Gasteiger partial charge on any atom is 0.243 e. The number of carbonyl (C=O) groups excluding carboxylic acids is 1. The minimum Gasteiger partial charge on any atom is -0.356 e. The van der Waals surface area contributed by atoms with Gasteiger partial charge in [-0.3, -0.25) is 4.79 Å². The van der Waals surface area contributed by atoms with E-state index in [0.717, 1.165) is 44.9 Å². The van der Waals surface area contributed by atoms with Crippen LogP contribution in [0.2, 0.25) is 0 Å². The van der Waals surface area contributed by atoms with E-state index in [1.807, 2.05) is 6.07 Å². The zero-order valence-corrected chi connectivity index (χ0v) is 14.8. The maximum absolute atomic E-state index is 13.2. The Kier molecular flexibility index (Phi) is 5.56. The van der Waals surface area contributed by atoms with Crippen molar-refractivity contribution in [1.29, 1.82) is 0 Å².